The molecule has 0 aromatic heterocycles. The van der Waals surface area contributed by atoms with Gasteiger partial charge in [0.25, 0.3) is 0 Å². The highest BCUT2D eigenvalue weighted by Gasteiger charge is 2.33. The largest absolute Gasteiger partial charge is 0.508 e. The summed E-state index contributed by atoms with van der Waals surface area (Å²) in [5.74, 6) is -0.753. The van der Waals surface area contributed by atoms with E-state index < -0.39 is 11.8 Å². The van der Waals surface area contributed by atoms with E-state index in [1.165, 1.54) is 27.9 Å². The summed E-state index contributed by atoms with van der Waals surface area (Å²) >= 11 is 0. The molecule has 7 heteroatoms. The van der Waals surface area contributed by atoms with E-state index in [0.717, 1.165) is 44.3 Å². The number of benzene rings is 4. The zero-order chi connectivity index (χ0) is 32.5. The van der Waals surface area contributed by atoms with Gasteiger partial charge < -0.3 is 10.0 Å². The van der Waals surface area contributed by atoms with Crippen molar-refractivity contribution in [1.29, 1.82) is 0 Å². The van der Waals surface area contributed by atoms with Crippen LogP contribution in [-0.4, -0.2) is 48.0 Å². The van der Waals surface area contributed by atoms with E-state index in [-0.39, 0.29) is 24.1 Å². The van der Waals surface area contributed by atoms with Gasteiger partial charge >= 0.3 is 0 Å². The maximum Gasteiger partial charge on any atom is 0.234 e. The standard InChI is InChI=1S/C40H42FN3O3/c1-43(25-26-7-14-35(37(41)23-26)36-17-18-38(46)42-40(36)47)30-19-21-44(22-20-30)31-11-8-28(9-12-31)39-33(27-5-3-2-4-6-27)15-10-29-24-32(45)13-16-34(29)39/h2-9,11-14,16,23-24,30,33,36,39,45H,10,15,17-22,25H2,1H3,(H,42,46,47). The van der Waals surface area contributed by atoms with Gasteiger partial charge in [-0.15, -0.1) is 0 Å². The molecule has 4 aromatic rings. The van der Waals surface area contributed by atoms with Crippen LogP contribution in [0.25, 0.3) is 0 Å². The highest BCUT2D eigenvalue weighted by atomic mass is 19.1. The number of anilines is 1. The van der Waals surface area contributed by atoms with Crippen molar-refractivity contribution in [2.75, 3.05) is 25.0 Å². The minimum Gasteiger partial charge on any atom is -0.508 e. The minimum absolute atomic E-state index is 0.234. The average molecular weight is 632 g/mol. The fourth-order valence-corrected chi connectivity index (χ4v) is 8.09. The molecule has 0 spiro atoms. The summed E-state index contributed by atoms with van der Waals surface area (Å²) in [4.78, 5) is 28.5. The first kappa shape index (κ1) is 31.1. The molecule has 3 unspecified atom stereocenters. The summed E-state index contributed by atoms with van der Waals surface area (Å²) in [5, 5.41) is 12.5. The van der Waals surface area contributed by atoms with E-state index >= 15 is 4.39 Å². The van der Waals surface area contributed by atoms with E-state index in [4.69, 9.17) is 0 Å². The summed E-state index contributed by atoms with van der Waals surface area (Å²) in [6.45, 7) is 2.54. The lowest BCUT2D eigenvalue weighted by Gasteiger charge is -2.38. The van der Waals surface area contributed by atoms with Crippen LogP contribution in [0.3, 0.4) is 0 Å². The van der Waals surface area contributed by atoms with Crippen LogP contribution in [0.1, 0.15) is 83.2 Å². The molecule has 2 aliphatic heterocycles. The predicted molar refractivity (Wildman–Crippen MR) is 182 cm³/mol. The van der Waals surface area contributed by atoms with Crippen LogP contribution in [0.4, 0.5) is 10.1 Å². The SMILES string of the molecule is CN(Cc1ccc(C2CCC(=O)NC2=O)c(F)c1)C1CCN(c2ccc(C3c4ccc(O)cc4CCC3c3ccccc3)cc2)CC1. The highest BCUT2D eigenvalue weighted by molar-refractivity contribution is 6.00. The van der Waals surface area contributed by atoms with Crippen molar-refractivity contribution in [3.05, 3.63) is 130 Å². The maximum atomic E-state index is 15.1. The number of carbonyl (C=O) groups is 2. The van der Waals surface area contributed by atoms with Crippen LogP contribution in [0, 0.1) is 5.82 Å². The summed E-state index contributed by atoms with van der Waals surface area (Å²) in [6.07, 6.45) is 4.62. The number of hydrogen-bond acceptors (Lipinski definition) is 5. The predicted octanol–water partition coefficient (Wildman–Crippen LogP) is 7.01. The molecule has 47 heavy (non-hydrogen) atoms. The number of nitrogens with zero attached hydrogens (tertiary/aromatic N) is 2. The first-order chi connectivity index (χ1) is 22.8. The van der Waals surface area contributed by atoms with Gasteiger partial charge in [-0.2, -0.15) is 0 Å². The minimum atomic E-state index is -0.615. The molecule has 242 valence electrons. The van der Waals surface area contributed by atoms with Crippen molar-refractivity contribution < 1.29 is 19.1 Å². The van der Waals surface area contributed by atoms with Gasteiger partial charge in [-0.3, -0.25) is 19.8 Å². The van der Waals surface area contributed by atoms with E-state index in [1.54, 1.807) is 12.1 Å². The number of piperidine rings is 2. The Labute approximate surface area is 276 Å². The van der Waals surface area contributed by atoms with Crippen LogP contribution in [0.15, 0.2) is 91.0 Å². The second kappa shape index (κ2) is 13.3. The number of amides is 2. The smallest absolute Gasteiger partial charge is 0.234 e. The molecular weight excluding hydrogens is 589 g/mol. The number of phenolic OH excluding ortho intramolecular Hbond substituents is 1. The lowest BCUT2D eigenvalue weighted by molar-refractivity contribution is -0.134. The summed E-state index contributed by atoms with van der Waals surface area (Å²) < 4.78 is 15.1. The number of aryl methyl sites for hydroxylation is 1. The summed E-state index contributed by atoms with van der Waals surface area (Å²) in [6, 6.07) is 31.4. The molecule has 2 saturated heterocycles. The van der Waals surface area contributed by atoms with Crippen molar-refractivity contribution in [3.63, 3.8) is 0 Å². The number of imide groups is 1. The van der Waals surface area contributed by atoms with E-state index in [9.17, 15) is 14.7 Å². The monoisotopic (exact) mass is 631 g/mol. The number of aromatic hydroxyl groups is 1. The molecule has 6 nitrogen and oxygen atoms in total. The summed E-state index contributed by atoms with van der Waals surface area (Å²) in [7, 11) is 2.10. The molecule has 0 saturated carbocycles. The molecule has 1 aliphatic carbocycles. The van der Waals surface area contributed by atoms with Gasteiger partial charge in [-0.25, -0.2) is 4.39 Å². The van der Waals surface area contributed by atoms with Crippen molar-refractivity contribution in [1.82, 2.24) is 10.2 Å². The fraction of sp³-hybridized carbons (Fsp3) is 0.350. The van der Waals surface area contributed by atoms with Crippen LogP contribution in [0.5, 0.6) is 5.75 Å². The van der Waals surface area contributed by atoms with Gasteiger partial charge in [0, 0.05) is 49.3 Å². The highest BCUT2D eigenvalue weighted by Crippen LogP contribution is 2.47. The topological polar surface area (TPSA) is 72.9 Å². The third-order valence-electron chi connectivity index (χ3n) is 10.6. The number of hydrogen-bond donors (Lipinski definition) is 2. The van der Waals surface area contributed by atoms with Crippen molar-refractivity contribution in [2.24, 2.45) is 0 Å². The van der Waals surface area contributed by atoms with Crippen molar-refractivity contribution in [3.8, 4) is 5.75 Å². The zero-order valence-electron chi connectivity index (χ0n) is 26.9. The molecule has 2 heterocycles. The maximum absolute atomic E-state index is 15.1. The lowest BCUT2D eigenvalue weighted by atomic mass is 9.69. The second-order valence-corrected chi connectivity index (χ2v) is 13.5. The number of nitrogens with one attached hydrogen (secondary N) is 1. The van der Waals surface area contributed by atoms with Gasteiger partial charge in [-0.1, -0.05) is 60.7 Å². The zero-order valence-corrected chi connectivity index (χ0v) is 26.9. The Kier molecular flexibility index (Phi) is 8.82. The second-order valence-electron chi connectivity index (χ2n) is 13.5. The molecule has 3 atom stereocenters. The number of rotatable bonds is 7. The van der Waals surface area contributed by atoms with E-state index in [2.05, 4.69) is 82.8 Å². The molecule has 7 rings (SSSR count). The Bertz CT molecular complexity index is 1750. The summed E-state index contributed by atoms with van der Waals surface area (Å²) in [5.41, 5.74) is 7.70. The average Bonchev–Trinajstić information content (AvgIpc) is 3.09. The lowest BCUT2D eigenvalue weighted by Crippen LogP contribution is -2.43. The molecule has 2 fully saturated rings. The molecule has 4 aromatic carbocycles. The first-order valence-electron chi connectivity index (χ1n) is 16.9. The van der Waals surface area contributed by atoms with Gasteiger partial charge in [0.15, 0.2) is 0 Å². The van der Waals surface area contributed by atoms with Crippen LogP contribution in [-0.2, 0) is 22.6 Å². The molecule has 2 amide bonds. The van der Waals surface area contributed by atoms with Crippen molar-refractivity contribution >= 4 is 17.5 Å². The number of halogens is 1. The van der Waals surface area contributed by atoms with Crippen LogP contribution in [0.2, 0.25) is 0 Å². The Morgan fingerprint density at radius 2 is 1.57 bits per heavy atom. The molecular formula is C40H42FN3O3. The van der Waals surface area contributed by atoms with Crippen LogP contribution < -0.4 is 10.2 Å². The third kappa shape index (κ3) is 6.54. The fourth-order valence-electron chi connectivity index (χ4n) is 8.09. The number of fused-ring (bicyclic) bond motifs is 1. The van der Waals surface area contributed by atoms with Gasteiger partial charge in [0.2, 0.25) is 11.8 Å². The molecule has 2 N–H and O–H groups in total. The molecule has 3 aliphatic rings. The van der Waals surface area contributed by atoms with Crippen molar-refractivity contribution in [2.45, 2.75) is 68.9 Å². The van der Waals surface area contributed by atoms with E-state index in [0.29, 0.717) is 36.2 Å². The molecule has 0 radical (unpaired) electrons. The van der Waals surface area contributed by atoms with Gasteiger partial charge in [-0.05, 0) is 103 Å². The normalized spacial score (nSPS) is 21.9. The Morgan fingerprint density at radius 3 is 2.30 bits per heavy atom. The number of carbonyl (C=O) groups excluding carboxylic acids is 2. The quantitative estimate of drug-likeness (QED) is 0.215. The van der Waals surface area contributed by atoms with E-state index in [1.807, 2.05) is 18.2 Å². The Morgan fingerprint density at radius 1 is 0.830 bits per heavy atom. The third-order valence-corrected chi connectivity index (χ3v) is 10.6. The van der Waals surface area contributed by atoms with Gasteiger partial charge in [0.05, 0.1) is 5.92 Å². The van der Waals surface area contributed by atoms with Crippen LogP contribution >= 0.6 is 0 Å². The Balaban J connectivity index is 0.994. The molecule has 0 bridgehead atoms. The number of phenols is 1. The first-order valence-corrected chi connectivity index (χ1v) is 16.9. The Hall–Kier alpha value is -4.49. The van der Waals surface area contributed by atoms with Gasteiger partial charge in [0.1, 0.15) is 11.6 Å².